The molecular weight excluding hydrogens is 242 g/mol. The molecule has 1 fully saturated rings. The molecule has 0 aliphatic heterocycles. The van der Waals surface area contributed by atoms with Crippen LogP contribution in [-0.4, -0.2) is 36.2 Å². The van der Waals surface area contributed by atoms with Crippen LogP contribution in [0.25, 0.3) is 0 Å². The van der Waals surface area contributed by atoms with E-state index in [-0.39, 0.29) is 5.92 Å². The van der Waals surface area contributed by atoms with Crippen LogP contribution in [0.3, 0.4) is 0 Å². The molecular formula is C15H21NO3. The number of ether oxygens (including phenoxy) is 1. The topological polar surface area (TPSA) is 49.8 Å². The lowest BCUT2D eigenvalue weighted by atomic mass is 10.2. The number of rotatable bonds is 7. The van der Waals surface area contributed by atoms with E-state index in [2.05, 4.69) is 17.0 Å². The third kappa shape index (κ3) is 3.96. The van der Waals surface area contributed by atoms with Crippen molar-refractivity contribution in [3.05, 3.63) is 29.8 Å². The first-order chi connectivity index (χ1) is 9.10. The van der Waals surface area contributed by atoms with Crippen molar-refractivity contribution in [3.63, 3.8) is 0 Å². The number of nitrogens with zero attached hydrogens (tertiary/aromatic N) is 1. The van der Waals surface area contributed by atoms with Crippen molar-refractivity contribution in [2.45, 2.75) is 19.9 Å². The molecule has 1 aromatic carbocycles. The highest BCUT2D eigenvalue weighted by Crippen LogP contribution is 2.39. The van der Waals surface area contributed by atoms with Gasteiger partial charge in [0.25, 0.3) is 0 Å². The van der Waals surface area contributed by atoms with Crippen molar-refractivity contribution in [2.75, 3.05) is 20.2 Å². The summed E-state index contributed by atoms with van der Waals surface area (Å²) in [4.78, 5) is 13.0. The molecule has 4 heteroatoms. The Hall–Kier alpha value is -1.55. The van der Waals surface area contributed by atoms with Crippen LogP contribution in [0.15, 0.2) is 24.3 Å². The van der Waals surface area contributed by atoms with Crippen LogP contribution in [0.5, 0.6) is 5.75 Å². The highest BCUT2D eigenvalue weighted by molar-refractivity contribution is 5.73. The van der Waals surface area contributed by atoms with E-state index in [0.29, 0.717) is 12.5 Å². The summed E-state index contributed by atoms with van der Waals surface area (Å²) in [6.45, 7) is 4.34. The SMILES string of the molecule is CCOc1ccc(CN(C)CC2CC2C(=O)O)cc1. The van der Waals surface area contributed by atoms with Crippen molar-refractivity contribution in [2.24, 2.45) is 11.8 Å². The van der Waals surface area contributed by atoms with Gasteiger partial charge in [0.2, 0.25) is 0 Å². The van der Waals surface area contributed by atoms with Crippen LogP contribution in [0.2, 0.25) is 0 Å². The number of hydrogen-bond acceptors (Lipinski definition) is 3. The average Bonchev–Trinajstić information content (AvgIpc) is 3.11. The van der Waals surface area contributed by atoms with Crippen molar-refractivity contribution >= 4 is 5.97 Å². The molecule has 0 heterocycles. The van der Waals surface area contributed by atoms with Crippen molar-refractivity contribution < 1.29 is 14.6 Å². The summed E-state index contributed by atoms with van der Waals surface area (Å²) >= 11 is 0. The average molecular weight is 263 g/mol. The Morgan fingerprint density at radius 3 is 2.63 bits per heavy atom. The van der Waals surface area contributed by atoms with Gasteiger partial charge in [-0.15, -0.1) is 0 Å². The molecule has 104 valence electrons. The van der Waals surface area contributed by atoms with Gasteiger partial charge in [0, 0.05) is 13.1 Å². The fraction of sp³-hybridized carbons (Fsp3) is 0.533. The van der Waals surface area contributed by atoms with E-state index in [1.165, 1.54) is 5.56 Å². The lowest BCUT2D eigenvalue weighted by Gasteiger charge is -2.16. The number of carbonyl (C=O) groups is 1. The molecule has 0 saturated heterocycles. The second-order valence-electron chi connectivity index (χ2n) is 5.21. The van der Waals surface area contributed by atoms with Crippen molar-refractivity contribution in [3.8, 4) is 5.75 Å². The standard InChI is InChI=1S/C15H21NO3/c1-3-19-13-6-4-11(5-7-13)9-16(2)10-12-8-14(12)15(17)18/h4-7,12,14H,3,8-10H2,1-2H3,(H,17,18). The summed E-state index contributed by atoms with van der Waals surface area (Å²) in [5, 5.41) is 8.87. The molecule has 0 amide bonds. The normalized spacial score (nSPS) is 21.4. The van der Waals surface area contributed by atoms with E-state index in [0.717, 1.165) is 25.3 Å². The first-order valence-electron chi connectivity index (χ1n) is 6.73. The molecule has 1 saturated carbocycles. The predicted molar refractivity (Wildman–Crippen MR) is 73.2 cm³/mol. The number of hydrogen-bond donors (Lipinski definition) is 1. The Balaban J connectivity index is 1.79. The summed E-state index contributed by atoms with van der Waals surface area (Å²) in [5.41, 5.74) is 1.22. The summed E-state index contributed by atoms with van der Waals surface area (Å²) < 4.78 is 5.40. The minimum Gasteiger partial charge on any atom is -0.494 e. The highest BCUT2D eigenvalue weighted by Gasteiger charge is 2.43. The smallest absolute Gasteiger partial charge is 0.306 e. The second kappa shape index (κ2) is 6.06. The molecule has 2 atom stereocenters. The largest absolute Gasteiger partial charge is 0.494 e. The predicted octanol–water partition coefficient (Wildman–Crippen LogP) is 2.24. The van der Waals surface area contributed by atoms with Gasteiger partial charge in [-0.3, -0.25) is 4.79 Å². The Kier molecular flexibility index (Phi) is 4.43. The molecule has 0 radical (unpaired) electrons. The molecule has 4 nitrogen and oxygen atoms in total. The fourth-order valence-electron chi connectivity index (χ4n) is 2.39. The van der Waals surface area contributed by atoms with Crippen LogP contribution in [0, 0.1) is 11.8 Å². The third-order valence-corrected chi connectivity index (χ3v) is 3.47. The Labute approximate surface area is 114 Å². The third-order valence-electron chi connectivity index (χ3n) is 3.47. The van der Waals surface area contributed by atoms with Gasteiger partial charge in [0.05, 0.1) is 12.5 Å². The highest BCUT2D eigenvalue weighted by atomic mass is 16.5. The van der Waals surface area contributed by atoms with Gasteiger partial charge < -0.3 is 14.7 Å². The lowest BCUT2D eigenvalue weighted by Crippen LogP contribution is -2.21. The Bertz CT molecular complexity index is 430. The summed E-state index contributed by atoms with van der Waals surface area (Å²) in [6, 6.07) is 8.07. The van der Waals surface area contributed by atoms with Crippen LogP contribution >= 0.6 is 0 Å². The second-order valence-corrected chi connectivity index (χ2v) is 5.21. The number of carboxylic acid groups (broad SMARTS) is 1. The van der Waals surface area contributed by atoms with Gasteiger partial charge in [0.15, 0.2) is 0 Å². The minimum absolute atomic E-state index is 0.122. The molecule has 0 spiro atoms. The maximum atomic E-state index is 10.8. The molecule has 0 bridgehead atoms. The zero-order valence-electron chi connectivity index (χ0n) is 11.5. The minimum atomic E-state index is -0.653. The molecule has 1 aromatic rings. The van der Waals surface area contributed by atoms with Gasteiger partial charge in [-0.2, -0.15) is 0 Å². The van der Waals surface area contributed by atoms with Gasteiger partial charge >= 0.3 is 5.97 Å². The molecule has 19 heavy (non-hydrogen) atoms. The van der Waals surface area contributed by atoms with Crippen molar-refractivity contribution in [1.29, 1.82) is 0 Å². The zero-order chi connectivity index (χ0) is 13.8. The van der Waals surface area contributed by atoms with E-state index in [1.807, 2.05) is 26.1 Å². The summed E-state index contributed by atoms with van der Waals surface area (Å²) in [5.74, 6) is 0.439. The zero-order valence-corrected chi connectivity index (χ0v) is 11.5. The van der Waals surface area contributed by atoms with Gasteiger partial charge in [-0.25, -0.2) is 0 Å². The van der Waals surface area contributed by atoms with Crippen LogP contribution in [0.1, 0.15) is 18.9 Å². The van der Waals surface area contributed by atoms with Crippen molar-refractivity contribution in [1.82, 2.24) is 4.90 Å². The number of benzene rings is 1. The number of aliphatic carboxylic acids is 1. The van der Waals surface area contributed by atoms with Crippen LogP contribution < -0.4 is 4.74 Å². The monoisotopic (exact) mass is 263 g/mol. The molecule has 2 rings (SSSR count). The van der Waals surface area contributed by atoms with E-state index in [1.54, 1.807) is 0 Å². The maximum Gasteiger partial charge on any atom is 0.306 e. The van der Waals surface area contributed by atoms with E-state index < -0.39 is 5.97 Å². The number of carboxylic acids is 1. The van der Waals surface area contributed by atoms with Gasteiger partial charge in [0.1, 0.15) is 5.75 Å². The molecule has 1 N–H and O–H groups in total. The van der Waals surface area contributed by atoms with E-state index in [9.17, 15) is 4.79 Å². The summed E-state index contributed by atoms with van der Waals surface area (Å²) in [7, 11) is 2.04. The Morgan fingerprint density at radius 1 is 1.42 bits per heavy atom. The molecule has 1 aliphatic rings. The van der Waals surface area contributed by atoms with Crippen LogP contribution in [-0.2, 0) is 11.3 Å². The molecule has 0 aromatic heterocycles. The molecule has 2 unspecified atom stereocenters. The van der Waals surface area contributed by atoms with E-state index in [4.69, 9.17) is 9.84 Å². The quantitative estimate of drug-likeness (QED) is 0.819. The first kappa shape index (κ1) is 13.9. The Morgan fingerprint density at radius 2 is 2.11 bits per heavy atom. The summed E-state index contributed by atoms with van der Waals surface area (Å²) in [6.07, 6.45) is 0.822. The molecule has 1 aliphatic carbocycles. The lowest BCUT2D eigenvalue weighted by molar-refractivity contribution is -0.138. The van der Waals surface area contributed by atoms with Gasteiger partial charge in [-0.1, -0.05) is 12.1 Å². The maximum absolute atomic E-state index is 10.8. The first-order valence-corrected chi connectivity index (χ1v) is 6.73. The van der Waals surface area contributed by atoms with E-state index >= 15 is 0 Å². The fourth-order valence-corrected chi connectivity index (χ4v) is 2.39. The van der Waals surface area contributed by atoms with Crippen LogP contribution in [0.4, 0.5) is 0 Å². The van der Waals surface area contributed by atoms with Gasteiger partial charge in [-0.05, 0) is 44.0 Å².